The zero-order valence-corrected chi connectivity index (χ0v) is 23.0. The summed E-state index contributed by atoms with van der Waals surface area (Å²) in [5, 5.41) is 4.39. The van der Waals surface area contributed by atoms with Crippen LogP contribution in [0.1, 0.15) is 51.2 Å². The molecule has 6 rings (SSSR count). The van der Waals surface area contributed by atoms with E-state index in [9.17, 15) is 9.59 Å². The maximum Gasteiger partial charge on any atom is 0.258 e. The Bertz CT molecular complexity index is 1560. The molecule has 1 N–H and O–H groups in total. The minimum Gasteiger partial charge on any atom is -0.308 e. The van der Waals surface area contributed by atoms with E-state index >= 15 is 0 Å². The Morgan fingerprint density at radius 2 is 1.79 bits per heavy atom. The van der Waals surface area contributed by atoms with Gasteiger partial charge in [0.15, 0.2) is 5.13 Å². The van der Waals surface area contributed by atoms with Crippen molar-refractivity contribution in [1.29, 1.82) is 0 Å². The van der Waals surface area contributed by atoms with E-state index in [1.54, 1.807) is 0 Å². The number of amides is 2. The zero-order valence-electron chi connectivity index (χ0n) is 21.4. The van der Waals surface area contributed by atoms with Gasteiger partial charge < -0.3 is 10.2 Å². The van der Waals surface area contributed by atoms with Crippen LogP contribution in [0.4, 0.5) is 10.8 Å². The number of nitrogens with zero attached hydrogens (tertiary/aromatic N) is 2. The molecule has 192 valence electrons. The van der Waals surface area contributed by atoms with Gasteiger partial charge in [-0.3, -0.25) is 9.59 Å². The molecule has 1 aliphatic heterocycles. The maximum absolute atomic E-state index is 13.4. The van der Waals surface area contributed by atoms with Crippen molar-refractivity contribution < 1.29 is 9.59 Å². The van der Waals surface area contributed by atoms with Gasteiger partial charge in [-0.05, 0) is 80.1 Å². The van der Waals surface area contributed by atoms with Crippen molar-refractivity contribution in [2.75, 3.05) is 16.8 Å². The molecule has 0 saturated heterocycles. The Labute approximate surface area is 231 Å². The highest BCUT2D eigenvalue weighted by Crippen LogP contribution is 2.45. The van der Waals surface area contributed by atoms with Crippen LogP contribution in [-0.4, -0.2) is 23.3 Å². The highest BCUT2D eigenvalue weighted by molar-refractivity contribution is 7.16. The molecule has 1 aliphatic carbocycles. The second-order valence-electron chi connectivity index (χ2n) is 10.2. The van der Waals surface area contributed by atoms with Crippen LogP contribution >= 0.6 is 22.9 Å². The number of hydrogen-bond donors (Lipinski definition) is 1. The predicted molar refractivity (Wildman–Crippen MR) is 154 cm³/mol. The quantitative estimate of drug-likeness (QED) is 0.287. The Balaban J connectivity index is 1.23. The molecule has 1 fully saturated rings. The van der Waals surface area contributed by atoms with Gasteiger partial charge in [-0.2, -0.15) is 0 Å². The molecule has 1 aromatic heterocycles. The SMILES string of the molecule is Cc1ccccc1C(=O)N1CCc2cc(-c3nc(NC(=O)C4(c5ccc(Cl)cc5)CCC4)sc3C)ccc21. The molecule has 0 atom stereocenters. The van der Waals surface area contributed by atoms with E-state index in [1.807, 2.05) is 79.4 Å². The minimum atomic E-state index is -0.523. The third-order valence-electron chi connectivity index (χ3n) is 7.92. The van der Waals surface area contributed by atoms with Crippen molar-refractivity contribution in [1.82, 2.24) is 4.98 Å². The normalized spacial score (nSPS) is 15.6. The Hall–Kier alpha value is -3.48. The first-order valence-electron chi connectivity index (χ1n) is 12.9. The fraction of sp³-hybridized carbons (Fsp3) is 0.258. The van der Waals surface area contributed by atoms with Gasteiger partial charge in [0.25, 0.3) is 5.91 Å². The molecule has 5 nitrogen and oxygen atoms in total. The highest BCUT2D eigenvalue weighted by atomic mass is 35.5. The molecule has 2 heterocycles. The van der Waals surface area contributed by atoms with Crippen molar-refractivity contribution in [3.05, 3.63) is 98.9 Å². The lowest BCUT2D eigenvalue weighted by molar-refractivity contribution is -0.124. The summed E-state index contributed by atoms with van der Waals surface area (Å²) >= 11 is 7.57. The number of thiazole rings is 1. The third-order valence-corrected chi connectivity index (χ3v) is 9.06. The van der Waals surface area contributed by atoms with Crippen molar-refractivity contribution >= 4 is 45.6 Å². The highest BCUT2D eigenvalue weighted by Gasteiger charge is 2.46. The third kappa shape index (κ3) is 4.22. The Morgan fingerprint density at radius 1 is 1.03 bits per heavy atom. The Morgan fingerprint density at radius 3 is 2.50 bits per heavy atom. The van der Waals surface area contributed by atoms with Gasteiger partial charge in [0.2, 0.25) is 5.91 Å². The molecule has 3 aromatic carbocycles. The molecule has 1 saturated carbocycles. The number of halogens is 1. The van der Waals surface area contributed by atoms with Gasteiger partial charge in [-0.1, -0.05) is 54.4 Å². The zero-order chi connectivity index (χ0) is 26.4. The fourth-order valence-electron chi connectivity index (χ4n) is 5.60. The van der Waals surface area contributed by atoms with Crippen LogP contribution in [0.3, 0.4) is 0 Å². The van der Waals surface area contributed by atoms with Crippen LogP contribution in [0.25, 0.3) is 11.3 Å². The monoisotopic (exact) mass is 541 g/mol. The van der Waals surface area contributed by atoms with Crippen LogP contribution in [0.2, 0.25) is 5.02 Å². The van der Waals surface area contributed by atoms with Crippen LogP contribution < -0.4 is 10.2 Å². The smallest absolute Gasteiger partial charge is 0.258 e. The van der Waals surface area contributed by atoms with E-state index < -0.39 is 5.41 Å². The molecule has 0 radical (unpaired) electrons. The first-order chi connectivity index (χ1) is 18.4. The summed E-state index contributed by atoms with van der Waals surface area (Å²) in [6.07, 6.45) is 3.47. The lowest BCUT2D eigenvalue weighted by Crippen LogP contribution is -2.45. The number of rotatable bonds is 5. The Kier molecular flexibility index (Phi) is 6.33. The molecule has 0 unspecified atom stereocenters. The topological polar surface area (TPSA) is 62.3 Å². The fourth-order valence-corrected chi connectivity index (χ4v) is 6.56. The average Bonchev–Trinajstić information content (AvgIpc) is 3.47. The van der Waals surface area contributed by atoms with E-state index in [0.717, 1.165) is 69.8 Å². The van der Waals surface area contributed by atoms with Crippen LogP contribution in [-0.2, 0) is 16.6 Å². The van der Waals surface area contributed by atoms with Gasteiger partial charge in [-0.25, -0.2) is 4.98 Å². The van der Waals surface area contributed by atoms with E-state index in [0.29, 0.717) is 16.7 Å². The molecule has 38 heavy (non-hydrogen) atoms. The van der Waals surface area contributed by atoms with E-state index in [4.69, 9.17) is 16.6 Å². The molecular weight excluding hydrogens is 514 g/mol. The molecule has 0 spiro atoms. The summed E-state index contributed by atoms with van der Waals surface area (Å²) in [7, 11) is 0. The molecule has 2 aliphatic rings. The summed E-state index contributed by atoms with van der Waals surface area (Å²) in [5.74, 6) is 0.0285. The summed E-state index contributed by atoms with van der Waals surface area (Å²) in [5.41, 5.74) is 6.16. The number of nitrogens with one attached hydrogen (secondary N) is 1. The van der Waals surface area contributed by atoms with Crippen LogP contribution in [0.15, 0.2) is 66.7 Å². The van der Waals surface area contributed by atoms with Crippen molar-refractivity contribution in [3.8, 4) is 11.3 Å². The number of aromatic nitrogens is 1. The predicted octanol–water partition coefficient (Wildman–Crippen LogP) is 7.34. The first kappa shape index (κ1) is 24.8. The van der Waals surface area contributed by atoms with Crippen LogP contribution in [0, 0.1) is 13.8 Å². The average molecular weight is 542 g/mol. The maximum atomic E-state index is 13.4. The summed E-state index contributed by atoms with van der Waals surface area (Å²) < 4.78 is 0. The van der Waals surface area contributed by atoms with Gasteiger partial charge in [0.05, 0.1) is 11.1 Å². The first-order valence-corrected chi connectivity index (χ1v) is 14.1. The standard InChI is InChI=1S/C31H28ClN3O2S/c1-19-6-3-4-7-25(19)28(36)35-17-14-21-18-22(8-13-26(21)35)27-20(2)38-30(33-27)34-29(37)31(15-5-16-31)23-9-11-24(32)12-10-23/h3-4,6-13,18H,5,14-17H2,1-2H3,(H,33,34,37). The second kappa shape index (κ2) is 9.68. The van der Waals surface area contributed by atoms with E-state index in [1.165, 1.54) is 11.3 Å². The number of benzene rings is 3. The number of fused-ring (bicyclic) bond motifs is 1. The molecule has 0 bridgehead atoms. The molecule has 2 amide bonds. The van der Waals surface area contributed by atoms with Crippen molar-refractivity contribution in [3.63, 3.8) is 0 Å². The second-order valence-corrected chi connectivity index (χ2v) is 11.8. The molecular formula is C31H28ClN3O2S. The van der Waals surface area contributed by atoms with Gasteiger partial charge in [0.1, 0.15) is 0 Å². The van der Waals surface area contributed by atoms with Gasteiger partial charge in [0, 0.05) is 33.3 Å². The van der Waals surface area contributed by atoms with Crippen molar-refractivity contribution in [2.24, 2.45) is 0 Å². The minimum absolute atomic E-state index is 0.00862. The van der Waals surface area contributed by atoms with Gasteiger partial charge >= 0.3 is 0 Å². The van der Waals surface area contributed by atoms with E-state index in [-0.39, 0.29) is 11.8 Å². The molecule has 4 aromatic rings. The lowest BCUT2D eigenvalue weighted by Gasteiger charge is -2.40. The summed E-state index contributed by atoms with van der Waals surface area (Å²) in [6.45, 7) is 4.66. The van der Waals surface area contributed by atoms with Crippen molar-refractivity contribution in [2.45, 2.75) is 44.9 Å². The molecule has 7 heteroatoms. The van der Waals surface area contributed by atoms with Gasteiger partial charge in [-0.15, -0.1) is 11.3 Å². The largest absolute Gasteiger partial charge is 0.308 e. The summed E-state index contributed by atoms with van der Waals surface area (Å²) in [6, 6.07) is 21.5. The number of aryl methyl sites for hydroxylation is 2. The number of carbonyl (C=O) groups excluding carboxylic acids is 2. The number of anilines is 2. The van der Waals surface area contributed by atoms with Crippen LogP contribution in [0.5, 0.6) is 0 Å². The lowest BCUT2D eigenvalue weighted by atomic mass is 9.64. The number of carbonyl (C=O) groups is 2. The number of hydrogen-bond acceptors (Lipinski definition) is 4. The summed E-state index contributed by atoms with van der Waals surface area (Å²) in [4.78, 5) is 34.4. The van der Waals surface area contributed by atoms with E-state index in [2.05, 4.69) is 11.4 Å².